The van der Waals surface area contributed by atoms with E-state index in [1.165, 1.54) is 26.4 Å². The van der Waals surface area contributed by atoms with E-state index in [-0.39, 0.29) is 23.5 Å². The molecule has 3 aromatic carbocycles. The molecule has 186 valence electrons. The Morgan fingerprint density at radius 2 is 1.56 bits per heavy atom. The molecule has 9 nitrogen and oxygen atoms in total. The van der Waals surface area contributed by atoms with Crippen LogP contribution in [0.2, 0.25) is 0 Å². The second-order valence-corrected chi connectivity index (χ2v) is 7.78. The molecule has 1 amide bonds. The fraction of sp³-hybridized carbons (Fsp3) is 0.222. The standard InChI is InChI=1S/C27H25NO8/c1-32-21-9-7-17(13-23(21)33-2)15-28-25(29)16-36-27(31)20-6-4-3-5-19(20)26(30)18-8-10-22-24(14-18)35-12-11-34-22/h3-10,13-14H,11-12,15-16H2,1-2H3,(H,28,29). The van der Waals surface area contributed by atoms with E-state index in [4.69, 9.17) is 23.7 Å². The maximum atomic E-state index is 13.2. The number of hydrogen-bond donors (Lipinski definition) is 1. The number of carbonyl (C=O) groups excluding carboxylic acids is 3. The predicted octanol–water partition coefficient (Wildman–Crippen LogP) is 3.18. The minimum absolute atomic E-state index is 0.0603. The average Bonchev–Trinajstić information content (AvgIpc) is 2.93. The molecule has 1 heterocycles. The number of methoxy groups -OCH3 is 2. The molecule has 1 N–H and O–H groups in total. The summed E-state index contributed by atoms with van der Waals surface area (Å²) >= 11 is 0. The number of benzene rings is 3. The molecule has 0 saturated carbocycles. The first-order valence-electron chi connectivity index (χ1n) is 11.2. The van der Waals surface area contributed by atoms with Gasteiger partial charge in [0, 0.05) is 17.7 Å². The number of ether oxygens (including phenoxy) is 5. The van der Waals surface area contributed by atoms with Crippen molar-refractivity contribution in [3.05, 3.63) is 82.9 Å². The van der Waals surface area contributed by atoms with Crippen molar-refractivity contribution in [1.82, 2.24) is 5.32 Å². The van der Waals surface area contributed by atoms with Gasteiger partial charge in [-0.15, -0.1) is 0 Å². The van der Waals surface area contributed by atoms with Gasteiger partial charge < -0.3 is 29.0 Å². The van der Waals surface area contributed by atoms with Gasteiger partial charge in [-0.3, -0.25) is 9.59 Å². The Bertz CT molecular complexity index is 1290. The molecule has 0 unspecified atom stereocenters. The number of ketones is 1. The highest BCUT2D eigenvalue weighted by Gasteiger charge is 2.22. The molecule has 3 aromatic rings. The van der Waals surface area contributed by atoms with E-state index in [9.17, 15) is 14.4 Å². The average molecular weight is 491 g/mol. The first-order chi connectivity index (χ1) is 17.5. The third-order valence-electron chi connectivity index (χ3n) is 5.47. The summed E-state index contributed by atoms with van der Waals surface area (Å²) in [6.07, 6.45) is 0. The molecule has 0 aromatic heterocycles. The van der Waals surface area contributed by atoms with Crippen molar-refractivity contribution in [1.29, 1.82) is 0 Å². The normalized spacial score (nSPS) is 11.8. The van der Waals surface area contributed by atoms with Gasteiger partial charge in [0.25, 0.3) is 5.91 Å². The molecular weight excluding hydrogens is 466 g/mol. The van der Waals surface area contributed by atoms with Crippen LogP contribution < -0.4 is 24.3 Å². The summed E-state index contributed by atoms with van der Waals surface area (Å²) in [6.45, 7) is 0.535. The summed E-state index contributed by atoms with van der Waals surface area (Å²) in [4.78, 5) is 38.2. The van der Waals surface area contributed by atoms with Gasteiger partial charge in [0.15, 0.2) is 35.4 Å². The Morgan fingerprint density at radius 3 is 2.31 bits per heavy atom. The highest BCUT2D eigenvalue weighted by atomic mass is 16.6. The minimum atomic E-state index is -0.780. The number of nitrogens with one attached hydrogen (secondary N) is 1. The van der Waals surface area contributed by atoms with E-state index in [1.807, 2.05) is 0 Å². The number of fused-ring (bicyclic) bond motifs is 1. The quantitative estimate of drug-likeness (QED) is 0.359. The summed E-state index contributed by atoms with van der Waals surface area (Å²) in [5.74, 6) is 0.493. The SMILES string of the molecule is COc1ccc(CNC(=O)COC(=O)c2ccccc2C(=O)c2ccc3c(c2)OCCO3)cc1OC. The van der Waals surface area contributed by atoms with Crippen LogP contribution in [0.1, 0.15) is 31.8 Å². The molecule has 1 aliphatic heterocycles. The molecule has 0 spiro atoms. The lowest BCUT2D eigenvalue weighted by Gasteiger charge is -2.18. The first kappa shape index (κ1) is 24.6. The number of esters is 1. The molecule has 0 saturated heterocycles. The third kappa shape index (κ3) is 5.57. The monoisotopic (exact) mass is 491 g/mol. The van der Waals surface area contributed by atoms with Crippen molar-refractivity contribution in [2.24, 2.45) is 0 Å². The van der Waals surface area contributed by atoms with E-state index in [0.717, 1.165) is 5.56 Å². The fourth-order valence-corrected chi connectivity index (χ4v) is 3.65. The highest BCUT2D eigenvalue weighted by Crippen LogP contribution is 2.32. The molecule has 1 aliphatic rings. The topological polar surface area (TPSA) is 109 Å². The van der Waals surface area contributed by atoms with Crippen LogP contribution in [-0.4, -0.2) is 51.7 Å². The van der Waals surface area contributed by atoms with E-state index in [1.54, 1.807) is 48.5 Å². The van der Waals surface area contributed by atoms with Crippen LogP contribution in [0, 0.1) is 0 Å². The van der Waals surface area contributed by atoms with Crippen molar-refractivity contribution >= 4 is 17.7 Å². The zero-order valence-electron chi connectivity index (χ0n) is 19.9. The Labute approximate surface area is 207 Å². The molecule has 0 radical (unpaired) electrons. The zero-order valence-corrected chi connectivity index (χ0v) is 19.9. The Morgan fingerprint density at radius 1 is 0.833 bits per heavy atom. The molecule has 4 rings (SSSR count). The van der Waals surface area contributed by atoms with Gasteiger partial charge in [-0.2, -0.15) is 0 Å². The Hall–Kier alpha value is -4.53. The van der Waals surface area contributed by atoms with Crippen molar-refractivity contribution < 1.29 is 38.1 Å². The van der Waals surface area contributed by atoms with E-state index >= 15 is 0 Å². The van der Waals surface area contributed by atoms with Crippen molar-refractivity contribution in [2.75, 3.05) is 34.0 Å². The first-order valence-corrected chi connectivity index (χ1v) is 11.2. The highest BCUT2D eigenvalue weighted by molar-refractivity contribution is 6.14. The van der Waals surface area contributed by atoms with Crippen LogP contribution in [0.5, 0.6) is 23.0 Å². The van der Waals surface area contributed by atoms with Crippen LogP contribution in [0.3, 0.4) is 0 Å². The maximum Gasteiger partial charge on any atom is 0.339 e. The molecule has 36 heavy (non-hydrogen) atoms. The number of amides is 1. The van der Waals surface area contributed by atoms with Crippen molar-refractivity contribution in [3.63, 3.8) is 0 Å². The number of rotatable bonds is 9. The van der Waals surface area contributed by atoms with Gasteiger partial charge in [-0.05, 0) is 42.0 Å². The second-order valence-electron chi connectivity index (χ2n) is 7.78. The van der Waals surface area contributed by atoms with Crippen molar-refractivity contribution in [3.8, 4) is 23.0 Å². The Kier molecular flexibility index (Phi) is 7.69. The molecule has 0 bridgehead atoms. The molecule has 0 atom stereocenters. The lowest BCUT2D eigenvalue weighted by Crippen LogP contribution is -2.28. The summed E-state index contributed by atoms with van der Waals surface area (Å²) in [5, 5.41) is 2.68. The molecular formula is C27H25NO8. The number of carbonyl (C=O) groups is 3. The van der Waals surface area contributed by atoms with Gasteiger partial charge in [0.1, 0.15) is 13.2 Å². The summed E-state index contributed by atoms with van der Waals surface area (Å²) in [6, 6.07) is 16.4. The van der Waals surface area contributed by atoms with Gasteiger partial charge in [-0.1, -0.05) is 24.3 Å². The second kappa shape index (κ2) is 11.3. The molecule has 9 heteroatoms. The van der Waals surface area contributed by atoms with Crippen molar-refractivity contribution in [2.45, 2.75) is 6.54 Å². The predicted molar refractivity (Wildman–Crippen MR) is 129 cm³/mol. The third-order valence-corrected chi connectivity index (χ3v) is 5.47. The van der Waals surface area contributed by atoms with Crippen LogP contribution in [0.25, 0.3) is 0 Å². The Balaban J connectivity index is 1.38. The van der Waals surface area contributed by atoms with Gasteiger partial charge in [0.2, 0.25) is 0 Å². The minimum Gasteiger partial charge on any atom is -0.493 e. The van der Waals surface area contributed by atoms with E-state index < -0.39 is 18.5 Å². The van der Waals surface area contributed by atoms with Gasteiger partial charge >= 0.3 is 5.97 Å². The van der Waals surface area contributed by atoms with Crippen LogP contribution in [0.4, 0.5) is 0 Å². The summed E-state index contributed by atoms with van der Waals surface area (Å²) in [7, 11) is 3.06. The maximum absolute atomic E-state index is 13.2. The summed E-state index contributed by atoms with van der Waals surface area (Å²) < 4.78 is 26.7. The smallest absolute Gasteiger partial charge is 0.339 e. The van der Waals surface area contributed by atoms with Crippen LogP contribution in [0.15, 0.2) is 60.7 Å². The fourth-order valence-electron chi connectivity index (χ4n) is 3.65. The van der Waals surface area contributed by atoms with Gasteiger partial charge in [-0.25, -0.2) is 4.79 Å². The lowest BCUT2D eigenvalue weighted by molar-refractivity contribution is -0.124. The van der Waals surface area contributed by atoms with Crippen LogP contribution >= 0.6 is 0 Å². The largest absolute Gasteiger partial charge is 0.493 e. The zero-order chi connectivity index (χ0) is 25.5. The van der Waals surface area contributed by atoms with Crippen LogP contribution in [-0.2, 0) is 16.1 Å². The number of hydrogen-bond acceptors (Lipinski definition) is 8. The summed E-state index contributed by atoms with van der Waals surface area (Å²) in [5.41, 5.74) is 1.34. The lowest BCUT2D eigenvalue weighted by atomic mass is 9.98. The van der Waals surface area contributed by atoms with E-state index in [0.29, 0.717) is 41.8 Å². The van der Waals surface area contributed by atoms with Gasteiger partial charge in [0.05, 0.1) is 19.8 Å². The molecule has 0 aliphatic carbocycles. The molecule has 0 fully saturated rings. The van der Waals surface area contributed by atoms with E-state index in [2.05, 4.69) is 5.32 Å².